The van der Waals surface area contributed by atoms with Crippen LogP contribution in [-0.2, 0) is 14.8 Å². The maximum atomic E-state index is 13.7. The molecule has 1 fully saturated rings. The zero-order chi connectivity index (χ0) is 29.0. The number of likely N-dealkylation sites (N-methyl/N-ethyl adjacent to an activating group) is 1. The fourth-order valence-electron chi connectivity index (χ4n) is 5.40. The summed E-state index contributed by atoms with van der Waals surface area (Å²) >= 11 is 0. The molecule has 0 unspecified atom stereocenters. The van der Waals surface area contributed by atoms with Crippen LogP contribution in [0.5, 0.6) is 5.75 Å². The zero-order valence-corrected chi connectivity index (χ0v) is 24.6. The molecule has 1 saturated carbocycles. The van der Waals surface area contributed by atoms with Gasteiger partial charge in [-0.2, -0.15) is 4.31 Å². The first kappa shape index (κ1) is 30.0. The van der Waals surface area contributed by atoms with Gasteiger partial charge in [-0.3, -0.25) is 9.59 Å². The summed E-state index contributed by atoms with van der Waals surface area (Å²) in [6.07, 6.45) is 4.15. The third-order valence-corrected chi connectivity index (χ3v) is 9.93. The van der Waals surface area contributed by atoms with Gasteiger partial charge in [0.05, 0.1) is 35.3 Å². The van der Waals surface area contributed by atoms with Gasteiger partial charge in [-0.25, -0.2) is 8.42 Å². The van der Waals surface area contributed by atoms with E-state index in [1.807, 2.05) is 13.8 Å². The largest absolute Gasteiger partial charge is 0.486 e. The summed E-state index contributed by atoms with van der Waals surface area (Å²) in [6, 6.07) is 11.3. The van der Waals surface area contributed by atoms with E-state index >= 15 is 0 Å². The number of para-hydroxylation sites is 1. The average molecular weight is 572 g/mol. The molecule has 2 amide bonds. The molecule has 218 valence electrons. The molecular weight excluding hydrogens is 530 g/mol. The number of benzene rings is 2. The van der Waals surface area contributed by atoms with Crippen molar-refractivity contribution >= 4 is 27.5 Å². The predicted molar refractivity (Wildman–Crippen MR) is 154 cm³/mol. The number of anilines is 1. The Bertz CT molecular complexity index is 1310. The molecule has 3 atom stereocenters. The van der Waals surface area contributed by atoms with Crippen molar-refractivity contribution in [2.45, 2.75) is 69.9 Å². The minimum atomic E-state index is -3.80. The Morgan fingerprint density at radius 3 is 2.48 bits per heavy atom. The van der Waals surface area contributed by atoms with Crippen LogP contribution in [0.1, 0.15) is 61.9 Å². The summed E-state index contributed by atoms with van der Waals surface area (Å²) in [5.41, 5.74) is 1.62. The van der Waals surface area contributed by atoms with Crippen LogP contribution in [0.15, 0.2) is 47.4 Å². The molecule has 2 aromatic carbocycles. The van der Waals surface area contributed by atoms with E-state index in [0.29, 0.717) is 5.69 Å². The Balaban J connectivity index is 1.69. The summed E-state index contributed by atoms with van der Waals surface area (Å²) < 4.78 is 34.6. The molecule has 4 rings (SSSR count). The first-order chi connectivity index (χ1) is 19.0. The molecule has 0 bridgehead atoms. The molecule has 10 heteroatoms. The molecule has 9 nitrogen and oxygen atoms in total. The number of nitrogens with one attached hydrogen (secondary N) is 1. The highest BCUT2D eigenvalue weighted by Crippen LogP contribution is 2.36. The van der Waals surface area contributed by atoms with Gasteiger partial charge in [0.15, 0.2) is 5.75 Å². The second-order valence-electron chi connectivity index (χ2n) is 11.2. The van der Waals surface area contributed by atoms with Crippen LogP contribution in [0.25, 0.3) is 0 Å². The van der Waals surface area contributed by atoms with Gasteiger partial charge in [-0.05, 0) is 51.0 Å². The topological polar surface area (TPSA) is 116 Å². The molecule has 2 N–H and O–H groups in total. The number of nitrogens with zero attached hydrogens (tertiary/aromatic N) is 2. The van der Waals surface area contributed by atoms with E-state index in [2.05, 4.69) is 5.32 Å². The Hall–Kier alpha value is -2.95. The van der Waals surface area contributed by atoms with Crippen molar-refractivity contribution in [2.24, 2.45) is 11.8 Å². The fraction of sp³-hybridized carbons (Fsp3) is 0.533. The molecule has 40 heavy (non-hydrogen) atoms. The summed E-state index contributed by atoms with van der Waals surface area (Å²) in [4.78, 5) is 28.6. The lowest BCUT2D eigenvalue weighted by Gasteiger charge is -2.38. The average Bonchev–Trinajstić information content (AvgIpc) is 2.95. The third kappa shape index (κ3) is 6.50. The van der Waals surface area contributed by atoms with Crippen LogP contribution >= 0.6 is 0 Å². The molecule has 0 spiro atoms. The molecule has 0 aromatic heterocycles. The van der Waals surface area contributed by atoms with Crippen LogP contribution in [-0.4, -0.2) is 73.4 Å². The highest BCUT2D eigenvalue weighted by molar-refractivity contribution is 7.89. The predicted octanol–water partition coefficient (Wildman–Crippen LogP) is 4.05. The number of fused-ring (bicyclic) bond motifs is 1. The number of sulfonamides is 1. The quantitative estimate of drug-likeness (QED) is 0.494. The number of aryl methyl sites for hydroxylation is 1. The Kier molecular flexibility index (Phi) is 9.53. The van der Waals surface area contributed by atoms with Crippen molar-refractivity contribution in [1.29, 1.82) is 0 Å². The maximum Gasteiger partial charge on any atom is 0.258 e. The van der Waals surface area contributed by atoms with E-state index < -0.39 is 22.2 Å². The Morgan fingerprint density at radius 1 is 1.15 bits per heavy atom. The van der Waals surface area contributed by atoms with Crippen molar-refractivity contribution in [3.8, 4) is 5.75 Å². The van der Waals surface area contributed by atoms with Gasteiger partial charge in [-0.15, -0.1) is 0 Å². The highest BCUT2D eigenvalue weighted by Gasteiger charge is 2.36. The van der Waals surface area contributed by atoms with Crippen LogP contribution in [0.2, 0.25) is 0 Å². The number of aliphatic hydroxyl groups is 1. The number of rotatable bonds is 8. The Labute approximate surface area is 237 Å². The molecule has 1 aliphatic carbocycles. The van der Waals surface area contributed by atoms with Gasteiger partial charge in [-0.1, -0.05) is 49.9 Å². The van der Waals surface area contributed by atoms with E-state index in [1.54, 1.807) is 54.3 Å². The van der Waals surface area contributed by atoms with Crippen molar-refractivity contribution < 1.29 is 27.9 Å². The molecule has 2 aromatic rings. The van der Waals surface area contributed by atoms with Crippen LogP contribution in [0, 0.1) is 18.8 Å². The lowest BCUT2D eigenvalue weighted by molar-refractivity contribution is -0.120. The van der Waals surface area contributed by atoms with Crippen molar-refractivity contribution in [2.75, 3.05) is 32.1 Å². The second-order valence-corrected chi connectivity index (χ2v) is 13.3. The van der Waals surface area contributed by atoms with Gasteiger partial charge < -0.3 is 20.1 Å². The monoisotopic (exact) mass is 571 g/mol. The minimum absolute atomic E-state index is 0.0251. The standard InChI is InChI=1S/C30H41N3O6S/c1-20-13-15-24(16-14-20)40(37,38)32(4)18-27-21(2)17-33(22(3)19-34)30(36)25-11-8-12-26(28(25)39-27)31-29(35)23-9-6-5-7-10-23/h8,11-16,21-23,27,34H,5-7,9-10,17-19H2,1-4H3,(H,31,35)/t21-,22+,27+/m1/s1. The SMILES string of the molecule is Cc1ccc(S(=O)(=O)N(C)C[C@@H]2Oc3c(NC(=O)C4CCCCC4)cccc3C(=O)N([C@@H](C)CO)C[C@H]2C)cc1. The second kappa shape index (κ2) is 12.7. The first-order valence-electron chi connectivity index (χ1n) is 14.1. The van der Waals surface area contributed by atoms with Crippen molar-refractivity contribution in [3.63, 3.8) is 0 Å². The van der Waals surface area contributed by atoms with E-state index in [1.165, 1.54) is 11.4 Å². The van der Waals surface area contributed by atoms with Crippen LogP contribution in [0.4, 0.5) is 5.69 Å². The van der Waals surface area contributed by atoms with Gasteiger partial charge in [0.25, 0.3) is 5.91 Å². The van der Waals surface area contributed by atoms with Crippen LogP contribution in [0.3, 0.4) is 0 Å². The van der Waals surface area contributed by atoms with Gasteiger partial charge in [0.2, 0.25) is 15.9 Å². The number of hydrogen-bond donors (Lipinski definition) is 2. The lowest BCUT2D eigenvalue weighted by Crippen LogP contribution is -2.50. The van der Waals surface area contributed by atoms with E-state index in [4.69, 9.17) is 4.74 Å². The number of ether oxygens (including phenoxy) is 1. The summed E-state index contributed by atoms with van der Waals surface area (Å²) in [5, 5.41) is 12.9. The van der Waals surface area contributed by atoms with E-state index in [0.717, 1.165) is 37.7 Å². The first-order valence-corrected chi connectivity index (χ1v) is 15.5. The normalized spacial score (nSPS) is 21.2. The maximum absolute atomic E-state index is 13.7. The highest BCUT2D eigenvalue weighted by atomic mass is 32.2. The number of amides is 2. The summed E-state index contributed by atoms with van der Waals surface area (Å²) in [5.74, 6) is -0.569. The van der Waals surface area contributed by atoms with Gasteiger partial charge >= 0.3 is 0 Å². The summed E-state index contributed by atoms with van der Waals surface area (Å²) in [6.45, 7) is 5.63. The summed E-state index contributed by atoms with van der Waals surface area (Å²) in [7, 11) is -2.29. The molecule has 1 heterocycles. The van der Waals surface area contributed by atoms with E-state index in [9.17, 15) is 23.1 Å². The molecule has 0 saturated heterocycles. The van der Waals surface area contributed by atoms with Crippen molar-refractivity contribution in [3.05, 3.63) is 53.6 Å². The molecule has 0 radical (unpaired) electrons. The zero-order valence-electron chi connectivity index (χ0n) is 23.8. The minimum Gasteiger partial charge on any atom is -0.486 e. The van der Waals surface area contributed by atoms with E-state index in [-0.39, 0.29) is 59.6 Å². The van der Waals surface area contributed by atoms with Gasteiger partial charge in [0.1, 0.15) is 6.10 Å². The lowest BCUT2D eigenvalue weighted by atomic mass is 9.88. The molecule has 2 aliphatic rings. The van der Waals surface area contributed by atoms with Crippen LogP contribution < -0.4 is 10.1 Å². The molecule has 1 aliphatic heterocycles. The molecular formula is C30H41N3O6S. The number of carbonyl (C=O) groups is 2. The fourth-order valence-corrected chi connectivity index (χ4v) is 6.58. The third-order valence-electron chi connectivity index (χ3n) is 8.09. The Morgan fingerprint density at radius 2 is 1.82 bits per heavy atom. The van der Waals surface area contributed by atoms with Crippen molar-refractivity contribution in [1.82, 2.24) is 9.21 Å². The van der Waals surface area contributed by atoms with Gasteiger partial charge in [0, 0.05) is 25.4 Å². The number of carbonyl (C=O) groups excluding carboxylic acids is 2. The number of hydrogen-bond acceptors (Lipinski definition) is 6. The number of aliphatic hydroxyl groups excluding tert-OH is 1. The smallest absolute Gasteiger partial charge is 0.258 e.